The third-order valence-corrected chi connectivity index (χ3v) is 9.41. The summed E-state index contributed by atoms with van der Waals surface area (Å²) in [7, 11) is 2.80. The van der Waals surface area contributed by atoms with Gasteiger partial charge in [0.15, 0.2) is 11.7 Å². The zero-order chi connectivity index (χ0) is 43.9. The standard InChI is InChI=1S/C21H16N4O2.C10H18N2O2.C8H14N2O3.2C3H8/c26-19-8-21(14-3-1-13(2-4-14)17-9-22-11-24-17)27-20-6-5-15(7-16(19)20)18-10-23-12-25-18;1-8-5-4-6-12(8)10(13)7-11-9(2)14-3;1-13-8(12)9-6-7(11)10-4-2-3-5-10;2*1-3-2/h1-7,9-12,21H,8H2,(H,22,24)(H,23,25);8,11H,2,4-7H2,1,3H3;2-6H2,1H3,(H,9,12);2*3H2,1-2H3/t;8-;;;/m.1.../s1. The summed E-state index contributed by atoms with van der Waals surface area (Å²) >= 11 is 0. The second kappa shape index (κ2) is 26.1. The minimum absolute atomic E-state index is 0.0344. The van der Waals surface area contributed by atoms with E-state index in [1.165, 1.54) is 27.1 Å². The molecule has 3 amide bonds. The van der Waals surface area contributed by atoms with E-state index in [1.54, 1.807) is 29.9 Å². The Hall–Kier alpha value is -6.12. The van der Waals surface area contributed by atoms with Crippen LogP contribution in [0.25, 0.3) is 22.5 Å². The average molecular weight is 829 g/mol. The number of carbonyl (C=O) groups excluding carboxylic acids is 4. The van der Waals surface area contributed by atoms with Crippen molar-refractivity contribution < 1.29 is 33.4 Å². The third kappa shape index (κ3) is 15.2. The predicted molar refractivity (Wildman–Crippen MR) is 233 cm³/mol. The van der Waals surface area contributed by atoms with Crippen molar-refractivity contribution in [2.75, 3.05) is 46.9 Å². The van der Waals surface area contributed by atoms with Gasteiger partial charge in [-0.15, -0.1) is 0 Å². The van der Waals surface area contributed by atoms with Gasteiger partial charge in [-0.3, -0.25) is 14.4 Å². The summed E-state index contributed by atoms with van der Waals surface area (Å²) in [6.45, 7) is 17.0. The van der Waals surface area contributed by atoms with Crippen LogP contribution in [0.4, 0.5) is 4.79 Å². The van der Waals surface area contributed by atoms with Gasteiger partial charge in [-0.1, -0.05) is 64.8 Å². The number of nitrogens with one attached hydrogen (secondary N) is 4. The molecule has 326 valence electrons. The second-order valence-corrected chi connectivity index (χ2v) is 14.4. The molecule has 0 spiro atoms. The molecule has 2 aromatic heterocycles. The van der Waals surface area contributed by atoms with Gasteiger partial charge in [-0.25, -0.2) is 14.8 Å². The molecular formula is C45H64N8O7. The summed E-state index contributed by atoms with van der Waals surface area (Å²) in [5.41, 5.74) is 5.40. The molecule has 3 aliphatic rings. The lowest BCUT2D eigenvalue weighted by atomic mass is 9.94. The highest BCUT2D eigenvalue weighted by atomic mass is 16.5. The molecule has 2 fully saturated rings. The molecule has 3 aliphatic heterocycles. The van der Waals surface area contributed by atoms with Crippen LogP contribution in [0.15, 0.2) is 80.0 Å². The van der Waals surface area contributed by atoms with E-state index in [2.05, 4.69) is 76.5 Å². The smallest absolute Gasteiger partial charge is 0.407 e. The van der Waals surface area contributed by atoms with E-state index in [1.807, 2.05) is 47.4 Å². The average Bonchev–Trinajstić information content (AvgIpc) is 4.12. The minimum Gasteiger partial charge on any atom is -0.484 e. The van der Waals surface area contributed by atoms with Gasteiger partial charge >= 0.3 is 6.09 Å². The SMILES string of the molecule is C=C(NCC(=O)N1CCC[C@H]1C)OC.CCC.CCC.COC(=O)NCC(=O)N1CCCC1.O=C1CC(c2ccc(-c3cnc[nH]3)cc2)Oc2ccc(-c3cnc[nH]3)cc21. The number of aromatic amines is 2. The summed E-state index contributed by atoms with van der Waals surface area (Å²) in [6.07, 6.45) is 13.1. The molecule has 0 aliphatic carbocycles. The van der Waals surface area contributed by atoms with E-state index in [0.29, 0.717) is 29.7 Å². The zero-order valence-corrected chi connectivity index (χ0v) is 36.3. The van der Waals surface area contributed by atoms with Crippen LogP contribution in [0.2, 0.25) is 0 Å². The zero-order valence-electron chi connectivity index (χ0n) is 36.3. The van der Waals surface area contributed by atoms with Gasteiger partial charge in [0.1, 0.15) is 18.4 Å². The quantitative estimate of drug-likeness (QED) is 0.122. The lowest BCUT2D eigenvalue weighted by Crippen LogP contribution is -2.39. The number of aromatic nitrogens is 4. The van der Waals surface area contributed by atoms with Crippen molar-refractivity contribution in [2.45, 2.75) is 91.7 Å². The first-order chi connectivity index (χ1) is 29.0. The molecule has 5 heterocycles. The van der Waals surface area contributed by atoms with Crippen LogP contribution in [-0.4, -0.2) is 106 Å². The number of hydrogen-bond acceptors (Lipinski definition) is 10. The number of nitrogens with zero attached hydrogens (tertiary/aromatic N) is 4. The molecule has 0 bridgehead atoms. The Morgan fingerprint density at radius 2 is 1.40 bits per heavy atom. The molecule has 7 rings (SSSR count). The second-order valence-electron chi connectivity index (χ2n) is 14.4. The monoisotopic (exact) mass is 828 g/mol. The lowest BCUT2D eigenvalue weighted by molar-refractivity contribution is -0.131. The number of amides is 3. The summed E-state index contributed by atoms with van der Waals surface area (Å²) in [5, 5.41) is 5.18. The van der Waals surface area contributed by atoms with Crippen LogP contribution in [0.5, 0.6) is 5.75 Å². The Balaban J connectivity index is 0.000000247. The third-order valence-electron chi connectivity index (χ3n) is 9.41. The number of Topliss-reactive ketones (excluding diaryl/α,β-unsaturated/α-hetero) is 1. The van der Waals surface area contributed by atoms with E-state index in [0.717, 1.165) is 73.4 Å². The Morgan fingerprint density at radius 1 is 0.817 bits per heavy atom. The van der Waals surface area contributed by atoms with Gasteiger partial charge in [0.25, 0.3) is 0 Å². The Bertz CT molecular complexity index is 1890. The van der Waals surface area contributed by atoms with Crippen LogP contribution in [0.1, 0.15) is 102 Å². The van der Waals surface area contributed by atoms with Crippen LogP contribution in [-0.2, 0) is 19.1 Å². The molecule has 60 heavy (non-hydrogen) atoms. The molecule has 0 radical (unpaired) electrons. The Morgan fingerprint density at radius 3 is 1.93 bits per heavy atom. The molecule has 1 unspecified atom stereocenters. The highest BCUT2D eigenvalue weighted by Crippen LogP contribution is 2.37. The first-order valence-electron chi connectivity index (χ1n) is 20.8. The van der Waals surface area contributed by atoms with Crippen molar-refractivity contribution in [2.24, 2.45) is 0 Å². The fourth-order valence-electron chi connectivity index (χ4n) is 6.33. The van der Waals surface area contributed by atoms with Crippen LogP contribution >= 0.6 is 0 Å². The number of H-pyrrole nitrogens is 2. The highest BCUT2D eigenvalue weighted by Gasteiger charge is 2.28. The first kappa shape index (κ1) is 48.3. The Labute approximate surface area is 354 Å². The molecule has 15 nitrogen and oxygen atoms in total. The number of methoxy groups -OCH3 is 2. The van der Waals surface area contributed by atoms with Crippen molar-refractivity contribution in [3.8, 4) is 28.3 Å². The van der Waals surface area contributed by atoms with E-state index >= 15 is 0 Å². The van der Waals surface area contributed by atoms with Crippen molar-refractivity contribution in [1.29, 1.82) is 0 Å². The number of benzene rings is 2. The number of hydrogen-bond donors (Lipinski definition) is 4. The lowest BCUT2D eigenvalue weighted by Gasteiger charge is -2.26. The summed E-state index contributed by atoms with van der Waals surface area (Å²) in [6, 6.07) is 14.0. The van der Waals surface area contributed by atoms with E-state index in [9.17, 15) is 19.2 Å². The van der Waals surface area contributed by atoms with E-state index < -0.39 is 6.09 Å². The van der Waals surface area contributed by atoms with Crippen molar-refractivity contribution >= 4 is 23.7 Å². The van der Waals surface area contributed by atoms with E-state index in [4.69, 9.17) is 9.47 Å². The van der Waals surface area contributed by atoms with Gasteiger partial charge in [-0.2, -0.15) is 0 Å². The molecule has 2 atom stereocenters. The Kier molecular flexibility index (Phi) is 21.0. The largest absolute Gasteiger partial charge is 0.484 e. The van der Waals surface area contributed by atoms with Crippen LogP contribution in [0.3, 0.4) is 0 Å². The maximum absolute atomic E-state index is 12.7. The first-order valence-corrected chi connectivity index (χ1v) is 20.8. The molecule has 4 N–H and O–H groups in total. The van der Waals surface area contributed by atoms with Gasteiger partial charge in [-0.05, 0) is 68.5 Å². The number of ketones is 1. The fraction of sp³-hybridized carbons (Fsp3) is 0.467. The fourth-order valence-corrected chi connectivity index (χ4v) is 6.33. The predicted octanol–water partition coefficient (Wildman–Crippen LogP) is 7.68. The van der Waals surface area contributed by atoms with E-state index in [-0.39, 0.29) is 36.8 Å². The number of alkyl carbamates (subject to hydrolysis) is 1. The highest BCUT2D eigenvalue weighted by molar-refractivity contribution is 6.01. The van der Waals surface area contributed by atoms with Crippen LogP contribution in [0, 0.1) is 0 Å². The maximum Gasteiger partial charge on any atom is 0.407 e. The summed E-state index contributed by atoms with van der Waals surface area (Å²) in [4.78, 5) is 64.2. The van der Waals surface area contributed by atoms with Gasteiger partial charge in [0.05, 0.1) is 69.2 Å². The number of ether oxygens (including phenoxy) is 3. The molecular weight excluding hydrogens is 765 g/mol. The van der Waals surface area contributed by atoms with Crippen LogP contribution < -0.4 is 15.4 Å². The molecule has 4 aromatic rings. The number of rotatable bonds is 9. The normalized spacial score (nSPS) is 16.0. The molecule has 15 heteroatoms. The topological polar surface area (TPSA) is 184 Å². The van der Waals surface area contributed by atoms with Crippen molar-refractivity contribution in [3.63, 3.8) is 0 Å². The number of fused-ring (bicyclic) bond motifs is 1. The van der Waals surface area contributed by atoms with Gasteiger partial charge < -0.3 is 44.6 Å². The number of carbonyl (C=O) groups is 4. The number of imidazole rings is 2. The maximum atomic E-state index is 12.7. The minimum atomic E-state index is -0.562. The number of likely N-dealkylation sites (tertiary alicyclic amines) is 2. The van der Waals surface area contributed by atoms with Gasteiger partial charge in [0.2, 0.25) is 11.8 Å². The molecule has 2 saturated heterocycles. The molecule has 2 aromatic carbocycles. The molecule has 0 saturated carbocycles. The van der Waals surface area contributed by atoms with Gasteiger partial charge in [0, 0.05) is 31.2 Å². The summed E-state index contributed by atoms with van der Waals surface area (Å²) < 4.78 is 15.3. The van der Waals surface area contributed by atoms with Crippen molar-refractivity contribution in [1.82, 2.24) is 40.4 Å². The van der Waals surface area contributed by atoms with Crippen molar-refractivity contribution in [3.05, 3.63) is 91.1 Å². The summed E-state index contributed by atoms with van der Waals surface area (Å²) in [5.74, 6) is 1.22.